The van der Waals surface area contributed by atoms with Crippen LogP contribution in [-0.2, 0) is 23.2 Å². The lowest BCUT2D eigenvalue weighted by Crippen LogP contribution is -2.66. The van der Waals surface area contributed by atoms with Crippen molar-refractivity contribution < 1.29 is 29.9 Å². The Balaban J connectivity index is 1.80. The fraction of sp³-hybridized carbons (Fsp3) is 0.520. The topological polar surface area (TPSA) is 99.4 Å². The largest absolute Gasteiger partial charge is 0.487 e. The second-order valence-electron chi connectivity index (χ2n) is 9.48. The average Bonchev–Trinajstić information content (AvgIpc) is 2.75. The smallest absolute Gasteiger partial charge is 0.129 e. The van der Waals surface area contributed by atoms with Gasteiger partial charge in [-0.1, -0.05) is 42.8 Å². The molecule has 1 fully saturated rings. The van der Waals surface area contributed by atoms with Gasteiger partial charge in [-0.25, -0.2) is 0 Å². The van der Waals surface area contributed by atoms with E-state index in [0.717, 1.165) is 17.5 Å². The maximum absolute atomic E-state index is 11.1. The predicted octanol–water partition coefficient (Wildman–Crippen LogP) is 2.72. The monoisotopic (exact) mass is 462 g/mol. The van der Waals surface area contributed by atoms with Gasteiger partial charge in [0.2, 0.25) is 0 Å². The Morgan fingerprint density at radius 1 is 1.03 bits per heavy atom. The van der Waals surface area contributed by atoms with E-state index in [9.17, 15) is 20.4 Å². The number of aliphatic hydroxyl groups is 4. The molecular weight excluding hydrogens is 432 g/mol. The number of fused-ring (bicyclic) bond motifs is 2. The summed E-state index contributed by atoms with van der Waals surface area (Å²) in [5.41, 5.74) is 1.61. The number of halogens is 1. The maximum atomic E-state index is 11.1. The molecule has 0 bridgehead atoms. The summed E-state index contributed by atoms with van der Waals surface area (Å²) < 4.78 is 12.3. The van der Waals surface area contributed by atoms with E-state index < -0.39 is 42.2 Å². The highest BCUT2D eigenvalue weighted by Gasteiger charge is 2.59. The molecule has 0 radical (unpaired) electrons. The zero-order valence-corrected chi connectivity index (χ0v) is 19.3. The van der Waals surface area contributed by atoms with E-state index in [1.165, 1.54) is 5.56 Å². The van der Waals surface area contributed by atoms with Crippen LogP contribution >= 0.6 is 11.6 Å². The minimum absolute atomic E-state index is 0.223. The van der Waals surface area contributed by atoms with E-state index in [2.05, 4.69) is 31.2 Å². The summed E-state index contributed by atoms with van der Waals surface area (Å²) in [6.07, 6.45) is -3.59. The van der Waals surface area contributed by atoms with Crippen LogP contribution in [0.15, 0.2) is 36.4 Å². The third-order valence-electron chi connectivity index (χ3n) is 6.58. The zero-order chi connectivity index (χ0) is 23.3. The quantitative estimate of drug-likeness (QED) is 0.557. The van der Waals surface area contributed by atoms with Crippen LogP contribution in [0, 0.1) is 0 Å². The molecule has 2 aromatic rings. The van der Waals surface area contributed by atoms with Gasteiger partial charge in [0.05, 0.1) is 6.61 Å². The summed E-state index contributed by atoms with van der Waals surface area (Å²) >= 11 is 6.62. The van der Waals surface area contributed by atoms with Gasteiger partial charge in [0, 0.05) is 17.0 Å². The highest BCUT2D eigenvalue weighted by Crippen LogP contribution is 2.52. The van der Waals surface area contributed by atoms with Crippen molar-refractivity contribution in [2.24, 2.45) is 0 Å². The summed E-state index contributed by atoms with van der Waals surface area (Å²) in [6, 6.07) is 11.9. The molecule has 32 heavy (non-hydrogen) atoms. The lowest BCUT2D eigenvalue weighted by Gasteiger charge is -2.54. The van der Waals surface area contributed by atoms with E-state index in [0.29, 0.717) is 22.8 Å². The Kier molecular flexibility index (Phi) is 6.31. The van der Waals surface area contributed by atoms with Crippen LogP contribution in [0.25, 0.3) is 0 Å². The summed E-state index contributed by atoms with van der Waals surface area (Å²) in [5, 5.41) is 42.3. The van der Waals surface area contributed by atoms with Crippen molar-refractivity contribution in [3.63, 3.8) is 0 Å². The summed E-state index contributed by atoms with van der Waals surface area (Å²) in [5.74, 6) is 0.454. The van der Waals surface area contributed by atoms with Crippen LogP contribution in [0.5, 0.6) is 5.75 Å². The molecule has 1 unspecified atom stereocenters. The van der Waals surface area contributed by atoms with Crippen LogP contribution < -0.4 is 4.74 Å². The Hall–Kier alpha value is -1.67. The van der Waals surface area contributed by atoms with Crippen molar-refractivity contribution in [2.75, 3.05) is 6.61 Å². The molecule has 2 aliphatic heterocycles. The van der Waals surface area contributed by atoms with Gasteiger partial charge in [0.1, 0.15) is 41.4 Å². The number of aliphatic hydroxyl groups excluding tert-OH is 4. The molecule has 1 saturated heterocycles. The van der Waals surface area contributed by atoms with Crippen LogP contribution in [0.1, 0.15) is 49.4 Å². The number of aryl methyl sites for hydroxylation is 1. The Morgan fingerprint density at radius 2 is 1.69 bits per heavy atom. The second-order valence-corrected chi connectivity index (χ2v) is 9.89. The SMILES string of the molecule is CCc1ccc(Cc2cc3c(cc2Cl)OC(C)(C)CC32O[C@H](CO)[C@@H](O)[C@H](O)[C@H]2O)cc1. The molecular formula is C25H31ClO6. The maximum Gasteiger partial charge on any atom is 0.129 e. The molecule has 0 aliphatic carbocycles. The van der Waals surface area contributed by atoms with E-state index in [1.807, 2.05) is 19.9 Å². The summed E-state index contributed by atoms with van der Waals surface area (Å²) in [7, 11) is 0. The van der Waals surface area contributed by atoms with Crippen molar-refractivity contribution in [3.05, 3.63) is 63.7 Å². The van der Waals surface area contributed by atoms with Gasteiger partial charge in [-0.2, -0.15) is 0 Å². The standard InChI is InChI=1S/C25H31ClO6/c1-4-14-5-7-15(8-6-14)9-16-10-17-19(11-18(16)26)31-24(2,3)13-25(17)23(30)22(29)21(28)20(12-27)32-25/h5-8,10-11,20-23,27-30H,4,9,12-13H2,1-3H3/t20-,21-,22+,23-,25?/m1/s1. The zero-order valence-electron chi connectivity index (χ0n) is 18.6. The first kappa shape index (κ1) is 23.5. The van der Waals surface area contributed by atoms with E-state index in [4.69, 9.17) is 21.1 Å². The van der Waals surface area contributed by atoms with Crippen LogP contribution in [0.2, 0.25) is 5.02 Å². The average molecular weight is 463 g/mol. The third-order valence-corrected chi connectivity index (χ3v) is 6.93. The Labute approximate surface area is 193 Å². The first-order valence-corrected chi connectivity index (χ1v) is 11.4. The minimum Gasteiger partial charge on any atom is -0.487 e. The lowest BCUT2D eigenvalue weighted by molar-refractivity contribution is -0.294. The van der Waals surface area contributed by atoms with Gasteiger partial charge in [-0.3, -0.25) is 0 Å². The minimum atomic E-state index is -1.48. The Morgan fingerprint density at radius 3 is 2.31 bits per heavy atom. The molecule has 7 heteroatoms. The Bertz CT molecular complexity index is 973. The summed E-state index contributed by atoms with van der Waals surface area (Å²) in [4.78, 5) is 0. The van der Waals surface area contributed by atoms with Crippen LogP contribution in [0.4, 0.5) is 0 Å². The number of benzene rings is 2. The van der Waals surface area contributed by atoms with Gasteiger partial charge >= 0.3 is 0 Å². The number of rotatable bonds is 4. The predicted molar refractivity (Wildman–Crippen MR) is 121 cm³/mol. The number of hydrogen-bond donors (Lipinski definition) is 4. The van der Waals surface area contributed by atoms with Crippen molar-refractivity contribution >= 4 is 11.6 Å². The number of ether oxygens (including phenoxy) is 2. The molecule has 2 aliphatic rings. The highest BCUT2D eigenvalue weighted by molar-refractivity contribution is 6.31. The first-order chi connectivity index (χ1) is 15.1. The van der Waals surface area contributed by atoms with Gasteiger partial charge in [-0.15, -0.1) is 0 Å². The molecule has 1 spiro atoms. The van der Waals surface area contributed by atoms with Crippen molar-refractivity contribution in [3.8, 4) is 5.75 Å². The first-order valence-electron chi connectivity index (χ1n) is 11.0. The second kappa shape index (κ2) is 8.60. The lowest BCUT2D eigenvalue weighted by atomic mass is 9.71. The third kappa shape index (κ3) is 4.04. The summed E-state index contributed by atoms with van der Waals surface area (Å²) in [6.45, 7) is 5.33. The van der Waals surface area contributed by atoms with E-state index in [1.54, 1.807) is 6.07 Å². The molecule has 6 nitrogen and oxygen atoms in total. The highest BCUT2D eigenvalue weighted by atomic mass is 35.5. The van der Waals surface area contributed by atoms with Crippen LogP contribution in [-0.4, -0.2) is 57.0 Å². The fourth-order valence-corrected chi connectivity index (χ4v) is 5.15. The molecule has 0 amide bonds. The van der Waals surface area contributed by atoms with Gasteiger partial charge in [0.15, 0.2) is 0 Å². The van der Waals surface area contributed by atoms with Crippen molar-refractivity contribution in [2.45, 2.75) is 75.7 Å². The fourth-order valence-electron chi connectivity index (χ4n) is 4.93. The molecule has 2 heterocycles. The molecule has 5 atom stereocenters. The van der Waals surface area contributed by atoms with Gasteiger partial charge in [-0.05, 0) is 55.5 Å². The molecule has 0 aromatic heterocycles. The molecule has 4 N–H and O–H groups in total. The van der Waals surface area contributed by atoms with Crippen molar-refractivity contribution in [1.82, 2.24) is 0 Å². The molecule has 174 valence electrons. The molecule has 2 aromatic carbocycles. The van der Waals surface area contributed by atoms with E-state index in [-0.39, 0.29) is 6.42 Å². The van der Waals surface area contributed by atoms with E-state index >= 15 is 0 Å². The number of hydrogen-bond acceptors (Lipinski definition) is 6. The van der Waals surface area contributed by atoms with Gasteiger partial charge < -0.3 is 29.9 Å². The normalized spacial score (nSPS) is 31.2. The van der Waals surface area contributed by atoms with Gasteiger partial charge in [0.25, 0.3) is 0 Å². The molecule has 0 saturated carbocycles. The van der Waals surface area contributed by atoms with Crippen LogP contribution in [0.3, 0.4) is 0 Å². The molecule has 4 rings (SSSR count). The van der Waals surface area contributed by atoms with Crippen molar-refractivity contribution in [1.29, 1.82) is 0 Å².